The maximum atomic E-state index is 5.24. The van der Waals surface area contributed by atoms with Crippen LogP contribution >= 0.6 is 11.3 Å². The summed E-state index contributed by atoms with van der Waals surface area (Å²) in [5.41, 5.74) is 8.66. The van der Waals surface area contributed by atoms with Crippen molar-refractivity contribution < 1.29 is 0 Å². The Labute approximate surface area is 274 Å². The zero-order valence-electron chi connectivity index (χ0n) is 25.2. The highest BCUT2D eigenvalue weighted by Crippen LogP contribution is 2.39. The second-order valence-electron chi connectivity index (χ2n) is 11.9. The molecule has 10 aromatic rings. The lowest BCUT2D eigenvalue weighted by Gasteiger charge is -2.11. The first-order chi connectivity index (χ1) is 23.3. The minimum absolute atomic E-state index is 0.846. The largest absolute Gasteiger partial charge is 0.309 e. The van der Waals surface area contributed by atoms with Gasteiger partial charge in [-0.3, -0.25) is 4.57 Å². The molecule has 10 rings (SSSR count). The van der Waals surface area contributed by atoms with Crippen molar-refractivity contribution in [2.45, 2.75) is 0 Å². The van der Waals surface area contributed by atoms with Gasteiger partial charge in [0, 0.05) is 47.8 Å². The Balaban J connectivity index is 1.13. The molecule has 0 saturated heterocycles. The second-order valence-corrected chi connectivity index (χ2v) is 13.0. The number of rotatable bonds is 4. The van der Waals surface area contributed by atoms with E-state index in [4.69, 9.17) is 9.97 Å². The zero-order valence-corrected chi connectivity index (χ0v) is 26.0. The maximum Gasteiger partial charge on any atom is 0.146 e. The summed E-state index contributed by atoms with van der Waals surface area (Å²) in [5, 5.41) is 5.05. The quantitative estimate of drug-likeness (QED) is 0.197. The van der Waals surface area contributed by atoms with Crippen LogP contribution in [0.4, 0.5) is 0 Å². The number of hydrogen-bond acceptors (Lipinski definition) is 3. The number of thiophene rings is 1. The molecule has 0 bridgehead atoms. The number of pyridine rings is 1. The summed E-state index contributed by atoms with van der Waals surface area (Å²) >= 11 is 1.84. The van der Waals surface area contributed by atoms with Crippen LogP contribution in [0.15, 0.2) is 158 Å². The van der Waals surface area contributed by atoms with Crippen molar-refractivity contribution in [3.63, 3.8) is 0 Å². The molecule has 0 aliphatic heterocycles. The zero-order chi connectivity index (χ0) is 30.9. The van der Waals surface area contributed by atoms with Crippen molar-refractivity contribution in [1.82, 2.24) is 19.1 Å². The van der Waals surface area contributed by atoms with E-state index in [2.05, 4.69) is 155 Å². The lowest BCUT2D eigenvalue weighted by molar-refractivity contribution is 1.03. The van der Waals surface area contributed by atoms with Crippen molar-refractivity contribution in [2.24, 2.45) is 0 Å². The number of para-hydroxylation sites is 4. The highest BCUT2D eigenvalue weighted by molar-refractivity contribution is 7.25. The molecule has 0 unspecified atom stereocenters. The first-order valence-corrected chi connectivity index (χ1v) is 16.6. The van der Waals surface area contributed by atoms with E-state index in [0.717, 1.165) is 39.5 Å². The average molecular weight is 619 g/mol. The van der Waals surface area contributed by atoms with Crippen LogP contribution in [0, 0.1) is 0 Å². The van der Waals surface area contributed by atoms with Crippen LogP contribution in [0.5, 0.6) is 0 Å². The van der Waals surface area contributed by atoms with Crippen molar-refractivity contribution in [1.29, 1.82) is 0 Å². The van der Waals surface area contributed by atoms with Crippen LogP contribution in [0.2, 0.25) is 0 Å². The Morgan fingerprint density at radius 2 is 1.09 bits per heavy atom. The molecule has 0 radical (unpaired) electrons. The van der Waals surface area contributed by atoms with Crippen LogP contribution in [0.25, 0.3) is 87.2 Å². The lowest BCUT2D eigenvalue weighted by atomic mass is 10.1. The topological polar surface area (TPSA) is 35.6 Å². The Hall–Kier alpha value is -6.04. The Bertz CT molecular complexity index is 2750. The van der Waals surface area contributed by atoms with Gasteiger partial charge < -0.3 is 4.57 Å². The second kappa shape index (κ2) is 10.2. The third-order valence-electron chi connectivity index (χ3n) is 9.14. The third kappa shape index (κ3) is 4.07. The summed E-state index contributed by atoms with van der Waals surface area (Å²) < 4.78 is 7.11. The van der Waals surface area contributed by atoms with Gasteiger partial charge in [-0.2, -0.15) is 0 Å². The van der Waals surface area contributed by atoms with Crippen LogP contribution < -0.4 is 0 Å². The van der Waals surface area contributed by atoms with Crippen LogP contribution in [-0.2, 0) is 0 Å². The molecule has 220 valence electrons. The van der Waals surface area contributed by atoms with Crippen molar-refractivity contribution in [3.05, 3.63) is 158 Å². The minimum atomic E-state index is 0.846. The molecule has 6 aromatic carbocycles. The predicted octanol–water partition coefficient (Wildman–Crippen LogP) is 11.2. The molecular weight excluding hydrogens is 593 g/mol. The molecule has 0 aliphatic rings. The molecule has 4 nitrogen and oxygen atoms in total. The van der Waals surface area contributed by atoms with Gasteiger partial charge in [-0.05, 0) is 66.7 Å². The minimum Gasteiger partial charge on any atom is -0.309 e. The van der Waals surface area contributed by atoms with E-state index in [1.165, 1.54) is 47.7 Å². The maximum absolute atomic E-state index is 5.24. The summed E-state index contributed by atoms with van der Waals surface area (Å²) in [7, 11) is 0. The van der Waals surface area contributed by atoms with Gasteiger partial charge in [-0.25, -0.2) is 9.97 Å². The number of benzene rings is 6. The fraction of sp³-hybridized carbons (Fsp3) is 0. The van der Waals surface area contributed by atoms with Gasteiger partial charge in [0.2, 0.25) is 0 Å². The molecule has 0 N–H and O–H groups in total. The van der Waals surface area contributed by atoms with Crippen molar-refractivity contribution >= 4 is 64.3 Å². The number of nitrogens with zero attached hydrogens (tertiary/aromatic N) is 4. The molecule has 0 amide bonds. The van der Waals surface area contributed by atoms with Gasteiger partial charge in [0.25, 0.3) is 0 Å². The molecule has 0 fully saturated rings. The summed E-state index contributed by atoms with van der Waals surface area (Å²) in [6, 6.07) is 55.9. The Morgan fingerprint density at radius 1 is 0.426 bits per heavy atom. The van der Waals surface area contributed by atoms with E-state index in [9.17, 15) is 0 Å². The average Bonchev–Trinajstić information content (AvgIpc) is 3.81. The number of imidazole rings is 1. The molecule has 47 heavy (non-hydrogen) atoms. The number of fused-ring (bicyclic) bond motifs is 7. The standard InChI is InChI=1S/C42H26N4S/c1-2-11-27(12-3-1)42-44-35-15-6-9-19-38(35)46(42)41-20-10-16-34(43-41)28-21-23-39-32(25-28)33-26-29(22-24-40(33)47-39)45-36-17-7-4-13-30(36)31-14-5-8-18-37(31)45/h1-26H. The molecule has 4 aromatic heterocycles. The van der Waals surface area contributed by atoms with Crippen LogP contribution in [0.3, 0.4) is 0 Å². The van der Waals surface area contributed by atoms with Gasteiger partial charge in [0.05, 0.1) is 27.8 Å². The third-order valence-corrected chi connectivity index (χ3v) is 10.3. The summed E-state index contributed by atoms with van der Waals surface area (Å²) in [6.07, 6.45) is 0. The fourth-order valence-corrected chi connectivity index (χ4v) is 8.08. The van der Waals surface area contributed by atoms with Gasteiger partial charge in [-0.1, -0.05) is 91.0 Å². The highest BCUT2D eigenvalue weighted by Gasteiger charge is 2.17. The van der Waals surface area contributed by atoms with Gasteiger partial charge in [0.15, 0.2) is 0 Å². The molecular formula is C42H26N4S. The van der Waals surface area contributed by atoms with E-state index in [1.54, 1.807) is 0 Å². The molecule has 0 spiro atoms. The fourth-order valence-electron chi connectivity index (χ4n) is 7.01. The Kier molecular flexibility index (Phi) is 5.71. The summed E-state index contributed by atoms with van der Waals surface area (Å²) in [6.45, 7) is 0. The van der Waals surface area contributed by atoms with E-state index in [0.29, 0.717) is 0 Å². The van der Waals surface area contributed by atoms with Gasteiger partial charge in [-0.15, -0.1) is 11.3 Å². The number of hydrogen-bond donors (Lipinski definition) is 0. The molecule has 0 aliphatic carbocycles. The first-order valence-electron chi connectivity index (χ1n) is 15.8. The lowest BCUT2D eigenvalue weighted by Crippen LogP contribution is -2.01. The van der Waals surface area contributed by atoms with Crippen molar-refractivity contribution in [3.8, 4) is 34.2 Å². The predicted molar refractivity (Wildman–Crippen MR) is 197 cm³/mol. The highest BCUT2D eigenvalue weighted by atomic mass is 32.1. The van der Waals surface area contributed by atoms with Crippen LogP contribution in [0.1, 0.15) is 0 Å². The van der Waals surface area contributed by atoms with Crippen molar-refractivity contribution in [2.75, 3.05) is 0 Å². The number of aromatic nitrogens is 4. The smallest absolute Gasteiger partial charge is 0.146 e. The van der Waals surface area contributed by atoms with Gasteiger partial charge in [0.1, 0.15) is 11.6 Å². The Morgan fingerprint density at radius 3 is 1.87 bits per heavy atom. The van der Waals surface area contributed by atoms with E-state index in [-0.39, 0.29) is 0 Å². The molecule has 5 heteroatoms. The monoisotopic (exact) mass is 618 g/mol. The van der Waals surface area contributed by atoms with E-state index < -0.39 is 0 Å². The SMILES string of the molecule is c1ccc(-c2nc3ccccc3n2-c2cccc(-c3ccc4sc5ccc(-n6c7ccccc7c7ccccc76)cc5c4c3)n2)cc1. The first kappa shape index (κ1) is 26.2. The van der Waals surface area contributed by atoms with Crippen LogP contribution in [-0.4, -0.2) is 19.1 Å². The normalized spacial score (nSPS) is 11.8. The van der Waals surface area contributed by atoms with E-state index in [1.807, 2.05) is 23.5 Å². The molecule has 0 saturated carbocycles. The molecule has 0 atom stereocenters. The van der Waals surface area contributed by atoms with Gasteiger partial charge >= 0.3 is 0 Å². The molecule has 4 heterocycles. The summed E-state index contributed by atoms with van der Waals surface area (Å²) in [5.74, 6) is 1.73. The summed E-state index contributed by atoms with van der Waals surface area (Å²) in [4.78, 5) is 10.3. The van der Waals surface area contributed by atoms with E-state index >= 15 is 0 Å².